The Labute approximate surface area is 133 Å². The highest BCUT2D eigenvalue weighted by Gasteiger charge is 2.23. The van der Waals surface area contributed by atoms with Gasteiger partial charge in [0.15, 0.2) is 0 Å². The van der Waals surface area contributed by atoms with Crippen LogP contribution in [0, 0.1) is 0 Å². The molecule has 1 aromatic rings. The molecule has 1 aliphatic heterocycles. The van der Waals surface area contributed by atoms with Crippen molar-refractivity contribution in [3.8, 4) is 0 Å². The lowest BCUT2D eigenvalue weighted by atomic mass is 10.5. The summed E-state index contributed by atoms with van der Waals surface area (Å²) in [5.74, 6) is 1.63. The lowest BCUT2D eigenvalue weighted by molar-refractivity contribution is 0.241. The Hall–Kier alpha value is -0.770. The maximum atomic E-state index is 12.1. The molecule has 2 rings (SSSR count). The van der Waals surface area contributed by atoms with Crippen LogP contribution in [0.15, 0.2) is 17.5 Å². The number of amides is 2. The van der Waals surface area contributed by atoms with Crippen molar-refractivity contribution in [2.45, 2.75) is 6.54 Å². The number of nitrogens with one attached hydrogen (secondary N) is 2. The average molecular weight is 350 g/mol. The second kappa shape index (κ2) is 8.02. The molecule has 0 aliphatic carbocycles. The van der Waals surface area contributed by atoms with Crippen molar-refractivity contribution in [3.05, 3.63) is 22.4 Å². The number of carbonyl (C=O) groups is 1. The first-order chi connectivity index (χ1) is 10.1. The zero-order valence-electron chi connectivity index (χ0n) is 11.6. The average Bonchev–Trinajstić information content (AvgIpc) is 2.99. The third kappa shape index (κ3) is 5.50. The molecule has 2 amide bonds. The molecule has 1 aliphatic rings. The molecule has 2 heterocycles. The largest absolute Gasteiger partial charge is 0.337 e. The smallest absolute Gasteiger partial charge is 0.315 e. The molecule has 0 radical (unpaired) electrons. The Morgan fingerprint density at radius 2 is 2.05 bits per heavy atom. The number of urea groups is 1. The molecule has 1 fully saturated rings. The molecule has 21 heavy (non-hydrogen) atoms. The molecule has 0 bridgehead atoms. The van der Waals surface area contributed by atoms with Gasteiger partial charge in [-0.2, -0.15) is 11.8 Å². The summed E-state index contributed by atoms with van der Waals surface area (Å²) < 4.78 is 25.6. The fraction of sp³-hybridized carbons (Fsp3) is 0.583. The minimum absolute atomic E-state index is 0.0515. The van der Waals surface area contributed by atoms with E-state index in [9.17, 15) is 13.2 Å². The van der Waals surface area contributed by atoms with E-state index in [0.717, 1.165) is 16.4 Å². The highest BCUT2D eigenvalue weighted by Crippen LogP contribution is 2.13. The van der Waals surface area contributed by atoms with Gasteiger partial charge >= 0.3 is 6.03 Å². The molecule has 2 N–H and O–H groups in total. The summed E-state index contributed by atoms with van der Waals surface area (Å²) in [5.41, 5.74) is 0. The topological polar surface area (TPSA) is 78.5 Å². The van der Waals surface area contributed by atoms with Crippen LogP contribution in [0.25, 0.3) is 0 Å². The Morgan fingerprint density at radius 3 is 2.71 bits per heavy atom. The molecule has 1 saturated heterocycles. The van der Waals surface area contributed by atoms with Gasteiger partial charge < -0.3 is 10.6 Å². The van der Waals surface area contributed by atoms with E-state index in [1.165, 1.54) is 4.31 Å². The Kier molecular flexibility index (Phi) is 6.34. The molecule has 0 saturated carbocycles. The highest BCUT2D eigenvalue weighted by atomic mass is 32.2. The third-order valence-electron chi connectivity index (χ3n) is 3.01. The van der Waals surface area contributed by atoms with E-state index < -0.39 is 10.0 Å². The van der Waals surface area contributed by atoms with Crippen molar-refractivity contribution in [2.24, 2.45) is 0 Å². The summed E-state index contributed by atoms with van der Waals surface area (Å²) in [6.45, 7) is 1.72. The maximum Gasteiger partial charge on any atom is 0.315 e. The number of thiophene rings is 1. The number of hydrogen-bond donors (Lipinski definition) is 2. The van der Waals surface area contributed by atoms with Crippen LogP contribution >= 0.6 is 23.1 Å². The fourth-order valence-corrected chi connectivity index (χ4v) is 5.03. The zero-order chi connectivity index (χ0) is 15.1. The number of nitrogens with zero attached hydrogens (tertiary/aromatic N) is 1. The van der Waals surface area contributed by atoms with Gasteiger partial charge in [0.05, 0.1) is 12.3 Å². The van der Waals surface area contributed by atoms with Crippen molar-refractivity contribution in [2.75, 3.05) is 36.9 Å². The molecule has 0 aromatic carbocycles. The Bertz CT molecular complexity index is 539. The van der Waals surface area contributed by atoms with E-state index >= 15 is 0 Å². The van der Waals surface area contributed by atoms with E-state index in [2.05, 4.69) is 10.6 Å². The van der Waals surface area contributed by atoms with Crippen LogP contribution in [0.2, 0.25) is 0 Å². The van der Waals surface area contributed by atoms with E-state index in [-0.39, 0.29) is 18.3 Å². The van der Waals surface area contributed by atoms with Crippen LogP contribution in [-0.4, -0.2) is 55.6 Å². The molecule has 0 spiro atoms. The van der Waals surface area contributed by atoms with Crippen LogP contribution in [0.4, 0.5) is 4.79 Å². The van der Waals surface area contributed by atoms with Crippen LogP contribution < -0.4 is 10.6 Å². The molecule has 0 unspecified atom stereocenters. The fourth-order valence-electron chi connectivity index (χ4n) is 1.89. The van der Waals surface area contributed by atoms with Gasteiger partial charge in [-0.3, -0.25) is 0 Å². The first-order valence-electron chi connectivity index (χ1n) is 6.67. The van der Waals surface area contributed by atoms with E-state index in [4.69, 9.17) is 0 Å². The van der Waals surface area contributed by atoms with Crippen LogP contribution in [-0.2, 0) is 16.6 Å². The van der Waals surface area contributed by atoms with Gasteiger partial charge in [-0.1, -0.05) is 6.07 Å². The molecular formula is C12H19N3O3S3. The van der Waals surface area contributed by atoms with Gasteiger partial charge in [0.1, 0.15) is 0 Å². The lowest BCUT2D eigenvalue weighted by Gasteiger charge is -2.25. The SMILES string of the molecule is O=C(NCCS(=O)(=O)N1CCSCC1)NCc1cccs1. The number of rotatable bonds is 6. The van der Waals surface area contributed by atoms with Gasteiger partial charge in [-0.15, -0.1) is 11.3 Å². The molecule has 0 atom stereocenters. The standard InChI is InChI=1S/C12H19N3O3S3/c16-12(14-10-11-2-1-6-20-11)13-3-9-21(17,18)15-4-7-19-8-5-15/h1-2,6H,3-5,7-10H2,(H2,13,14,16). The number of sulfonamides is 1. The molecule has 118 valence electrons. The summed E-state index contributed by atoms with van der Waals surface area (Å²) in [6, 6.07) is 3.51. The second-order valence-corrected chi connectivity index (χ2v) is 8.86. The predicted octanol–water partition coefficient (Wildman–Crippen LogP) is 0.926. The van der Waals surface area contributed by atoms with Crippen molar-refractivity contribution in [3.63, 3.8) is 0 Å². The van der Waals surface area contributed by atoms with E-state index in [1.54, 1.807) is 23.1 Å². The minimum Gasteiger partial charge on any atom is -0.337 e. The van der Waals surface area contributed by atoms with Crippen LogP contribution in [0.5, 0.6) is 0 Å². The minimum atomic E-state index is -3.26. The van der Waals surface area contributed by atoms with Crippen LogP contribution in [0.3, 0.4) is 0 Å². The lowest BCUT2D eigenvalue weighted by Crippen LogP contribution is -2.43. The van der Waals surface area contributed by atoms with Crippen LogP contribution in [0.1, 0.15) is 4.88 Å². The summed E-state index contributed by atoms with van der Waals surface area (Å²) in [6.07, 6.45) is 0. The van der Waals surface area contributed by atoms with Gasteiger partial charge in [0.2, 0.25) is 10.0 Å². The van der Waals surface area contributed by atoms with Gasteiger partial charge in [0.25, 0.3) is 0 Å². The van der Waals surface area contributed by atoms with E-state index in [0.29, 0.717) is 19.6 Å². The summed E-state index contributed by atoms with van der Waals surface area (Å²) in [5, 5.41) is 7.23. The van der Waals surface area contributed by atoms with Gasteiger partial charge in [-0.25, -0.2) is 17.5 Å². The highest BCUT2D eigenvalue weighted by molar-refractivity contribution is 7.99. The molecule has 9 heteroatoms. The van der Waals surface area contributed by atoms with Gasteiger partial charge in [-0.05, 0) is 11.4 Å². The molecule has 6 nitrogen and oxygen atoms in total. The van der Waals surface area contributed by atoms with Crippen molar-refractivity contribution in [1.82, 2.24) is 14.9 Å². The van der Waals surface area contributed by atoms with Gasteiger partial charge in [0, 0.05) is 36.0 Å². The third-order valence-corrected chi connectivity index (χ3v) is 6.70. The molecule has 1 aromatic heterocycles. The van der Waals surface area contributed by atoms with Crippen molar-refractivity contribution in [1.29, 1.82) is 0 Å². The maximum absolute atomic E-state index is 12.1. The monoisotopic (exact) mass is 349 g/mol. The summed E-state index contributed by atoms with van der Waals surface area (Å²) >= 11 is 3.33. The van der Waals surface area contributed by atoms with Crippen molar-refractivity contribution < 1.29 is 13.2 Å². The quantitative estimate of drug-likeness (QED) is 0.801. The Morgan fingerprint density at radius 1 is 1.29 bits per heavy atom. The predicted molar refractivity (Wildman–Crippen MR) is 87.2 cm³/mol. The zero-order valence-corrected chi connectivity index (χ0v) is 14.0. The van der Waals surface area contributed by atoms with E-state index in [1.807, 2.05) is 17.5 Å². The second-order valence-electron chi connectivity index (χ2n) is 4.52. The number of thioether (sulfide) groups is 1. The number of hydrogen-bond acceptors (Lipinski definition) is 5. The van der Waals surface area contributed by atoms with Crippen molar-refractivity contribution >= 4 is 39.2 Å². The number of carbonyl (C=O) groups excluding carboxylic acids is 1. The Balaban J connectivity index is 1.66. The first kappa shape index (κ1) is 16.6. The first-order valence-corrected chi connectivity index (χ1v) is 10.3. The molecular weight excluding hydrogens is 330 g/mol. The summed E-state index contributed by atoms with van der Waals surface area (Å²) in [7, 11) is -3.26. The summed E-state index contributed by atoms with van der Waals surface area (Å²) in [4.78, 5) is 12.6. The normalized spacial score (nSPS) is 16.6.